The van der Waals surface area contributed by atoms with Gasteiger partial charge >= 0.3 is 5.97 Å². The number of anilines is 1. The summed E-state index contributed by atoms with van der Waals surface area (Å²) in [6.45, 7) is 1.45. The van der Waals surface area contributed by atoms with E-state index in [4.69, 9.17) is 0 Å². The second-order valence-corrected chi connectivity index (χ2v) is 5.41. The summed E-state index contributed by atoms with van der Waals surface area (Å²) in [7, 11) is 1.29. The number of rotatable bonds is 3. The maximum Gasteiger partial charge on any atom is 0.334 e. The molecule has 2 heterocycles. The number of carbonyl (C=O) groups excluding carboxylic acids is 1. The Hall–Kier alpha value is -1.21. The summed E-state index contributed by atoms with van der Waals surface area (Å²) in [5, 5.41) is 9.81. The first-order valence-corrected chi connectivity index (χ1v) is 6.89. The minimum atomic E-state index is -1.03. The number of nitrogens with zero attached hydrogens (tertiary/aromatic N) is 3. The molecule has 0 aliphatic carbocycles. The van der Waals surface area contributed by atoms with Gasteiger partial charge in [0, 0.05) is 25.5 Å². The zero-order chi connectivity index (χ0) is 13.8. The fourth-order valence-electron chi connectivity index (χ4n) is 2.20. The lowest BCUT2D eigenvalue weighted by Crippen LogP contribution is -2.41. The van der Waals surface area contributed by atoms with E-state index < -0.39 is 12.1 Å². The Bertz CT molecular complexity index is 432. The third-order valence-corrected chi connectivity index (χ3v) is 3.73. The molecule has 2 rings (SSSR count). The maximum atomic E-state index is 11.3. The molecule has 7 heteroatoms. The second-order valence-electron chi connectivity index (χ2n) is 4.49. The maximum absolute atomic E-state index is 11.3. The van der Waals surface area contributed by atoms with E-state index in [1.807, 2.05) is 4.90 Å². The first kappa shape index (κ1) is 14.2. The van der Waals surface area contributed by atoms with Gasteiger partial charge in [-0.3, -0.25) is 0 Å². The van der Waals surface area contributed by atoms with Gasteiger partial charge in [0.1, 0.15) is 0 Å². The molecule has 1 aliphatic rings. The van der Waals surface area contributed by atoms with Crippen molar-refractivity contribution in [3.63, 3.8) is 0 Å². The molecule has 0 bridgehead atoms. The van der Waals surface area contributed by atoms with E-state index in [0.717, 1.165) is 30.4 Å². The lowest BCUT2D eigenvalue weighted by Gasteiger charge is -2.33. The summed E-state index contributed by atoms with van der Waals surface area (Å²) in [6, 6.07) is 0. The van der Waals surface area contributed by atoms with Crippen LogP contribution in [0, 0.1) is 5.92 Å². The monoisotopic (exact) mass is 329 g/mol. The van der Waals surface area contributed by atoms with Crippen LogP contribution in [0.3, 0.4) is 0 Å². The van der Waals surface area contributed by atoms with Crippen LogP contribution in [0.5, 0.6) is 0 Å². The lowest BCUT2D eigenvalue weighted by molar-refractivity contribution is -0.153. The van der Waals surface area contributed by atoms with Crippen LogP contribution in [-0.2, 0) is 9.53 Å². The number of aromatic nitrogens is 2. The number of carbonyl (C=O) groups is 1. The molecular weight excluding hydrogens is 314 g/mol. The Morgan fingerprint density at radius 3 is 2.58 bits per heavy atom. The van der Waals surface area contributed by atoms with E-state index >= 15 is 0 Å². The summed E-state index contributed by atoms with van der Waals surface area (Å²) in [4.78, 5) is 21.8. The zero-order valence-electron chi connectivity index (χ0n) is 10.6. The highest BCUT2D eigenvalue weighted by Gasteiger charge is 2.31. The van der Waals surface area contributed by atoms with Crippen molar-refractivity contribution in [2.75, 3.05) is 25.1 Å². The smallest absolute Gasteiger partial charge is 0.334 e. The molecule has 1 fully saturated rings. The van der Waals surface area contributed by atoms with Crippen molar-refractivity contribution in [3.05, 3.63) is 16.9 Å². The van der Waals surface area contributed by atoms with Crippen molar-refractivity contribution >= 4 is 27.8 Å². The predicted octanol–water partition coefficient (Wildman–Crippen LogP) is 0.989. The highest BCUT2D eigenvalue weighted by Crippen LogP contribution is 2.24. The van der Waals surface area contributed by atoms with Crippen molar-refractivity contribution in [3.8, 4) is 0 Å². The largest absolute Gasteiger partial charge is 0.467 e. The van der Waals surface area contributed by atoms with Gasteiger partial charge in [-0.2, -0.15) is 0 Å². The Balaban J connectivity index is 1.92. The van der Waals surface area contributed by atoms with Crippen molar-refractivity contribution in [2.24, 2.45) is 5.92 Å². The summed E-state index contributed by atoms with van der Waals surface area (Å²) < 4.78 is 5.40. The number of aliphatic hydroxyl groups is 1. The molecule has 1 N–H and O–H groups in total. The minimum Gasteiger partial charge on any atom is -0.467 e. The number of halogens is 1. The highest BCUT2D eigenvalue weighted by molar-refractivity contribution is 9.10. The van der Waals surface area contributed by atoms with E-state index in [2.05, 4.69) is 30.6 Å². The normalized spacial score (nSPS) is 18.2. The Morgan fingerprint density at radius 2 is 2.05 bits per heavy atom. The van der Waals surface area contributed by atoms with E-state index in [0.29, 0.717) is 5.95 Å². The molecule has 6 nitrogen and oxygen atoms in total. The summed E-state index contributed by atoms with van der Waals surface area (Å²) in [5.74, 6) is 0.0618. The first-order chi connectivity index (χ1) is 9.11. The average Bonchev–Trinajstić information content (AvgIpc) is 2.46. The topological polar surface area (TPSA) is 75.6 Å². The number of hydrogen-bond acceptors (Lipinski definition) is 6. The SMILES string of the molecule is COC(=O)C(O)C1CCN(c2ncc(Br)cn2)CC1. The third kappa shape index (κ3) is 3.42. The quantitative estimate of drug-likeness (QED) is 0.833. The van der Waals surface area contributed by atoms with Gasteiger partial charge in [-0.1, -0.05) is 0 Å². The molecule has 1 aromatic heterocycles. The van der Waals surface area contributed by atoms with Gasteiger partial charge in [0.25, 0.3) is 0 Å². The van der Waals surface area contributed by atoms with Crippen molar-refractivity contribution < 1.29 is 14.6 Å². The fraction of sp³-hybridized carbons (Fsp3) is 0.583. The molecule has 0 saturated carbocycles. The average molecular weight is 330 g/mol. The van der Waals surface area contributed by atoms with Gasteiger partial charge < -0.3 is 14.7 Å². The van der Waals surface area contributed by atoms with Crippen LogP contribution in [0.25, 0.3) is 0 Å². The van der Waals surface area contributed by atoms with Crippen molar-refractivity contribution in [1.29, 1.82) is 0 Å². The molecular formula is C12H16BrN3O3. The van der Waals surface area contributed by atoms with Crippen LogP contribution >= 0.6 is 15.9 Å². The lowest BCUT2D eigenvalue weighted by atomic mass is 9.91. The van der Waals surface area contributed by atoms with Crippen LogP contribution in [-0.4, -0.2) is 47.3 Å². The molecule has 1 aliphatic heterocycles. The first-order valence-electron chi connectivity index (χ1n) is 6.10. The standard InChI is InChI=1S/C12H16BrN3O3/c1-19-11(18)10(17)8-2-4-16(5-3-8)12-14-6-9(13)7-15-12/h6-8,10,17H,2-5H2,1H3. The van der Waals surface area contributed by atoms with E-state index in [9.17, 15) is 9.90 Å². The Morgan fingerprint density at radius 1 is 1.47 bits per heavy atom. The zero-order valence-corrected chi connectivity index (χ0v) is 12.2. The molecule has 1 aromatic rings. The molecule has 1 saturated heterocycles. The van der Waals surface area contributed by atoms with Crippen LogP contribution in [0.4, 0.5) is 5.95 Å². The summed E-state index contributed by atoms with van der Waals surface area (Å²) in [5.41, 5.74) is 0. The van der Waals surface area contributed by atoms with Crippen LogP contribution in [0.1, 0.15) is 12.8 Å². The van der Waals surface area contributed by atoms with Gasteiger partial charge in [0.15, 0.2) is 6.10 Å². The van der Waals surface area contributed by atoms with Crippen LogP contribution in [0.15, 0.2) is 16.9 Å². The van der Waals surface area contributed by atoms with Crippen molar-refractivity contribution in [1.82, 2.24) is 9.97 Å². The van der Waals surface area contributed by atoms with Gasteiger partial charge in [0.2, 0.25) is 5.95 Å². The third-order valence-electron chi connectivity index (χ3n) is 3.32. The number of esters is 1. The van der Waals surface area contributed by atoms with E-state index in [-0.39, 0.29) is 5.92 Å². The Kier molecular flexibility index (Phi) is 4.71. The highest BCUT2D eigenvalue weighted by atomic mass is 79.9. The van der Waals surface area contributed by atoms with Crippen molar-refractivity contribution in [2.45, 2.75) is 18.9 Å². The molecule has 1 unspecified atom stereocenters. The molecule has 0 amide bonds. The number of aliphatic hydroxyl groups excluding tert-OH is 1. The summed E-state index contributed by atoms with van der Waals surface area (Å²) >= 11 is 3.29. The van der Waals surface area contributed by atoms with E-state index in [1.165, 1.54) is 7.11 Å². The number of hydrogen-bond donors (Lipinski definition) is 1. The minimum absolute atomic E-state index is 0.0563. The van der Waals surface area contributed by atoms with Gasteiger partial charge in [-0.15, -0.1) is 0 Å². The van der Waals surface area contributed by atoms with Gasteiger partial charge in [0.05, 0.1) is 11.6 Å². The van der Waals surface area contributed by atoms with E-state index in [1.54, 1.807) is 12.4 Å². The fourth-order valence-corrected chi connectivity index (χ4v) is 2.40. The van der Waals surface area contributed by atoms with Gasteiger partial charge in [-0.25, -0.2) is 14.8 Å². The van der Waals surface area contributed by atoms with Gasteiger partial charge in [-0.05, 0) is 34.7 Å². The molecule has 0 spiro atoms. The number of piperidine rings is 1. The Labute approximate surface area is 119 Å². The molecule has 1 atom stereocenters. The number of ether oxygens (including phenoxy) is 1. The molecule has 104 valence electrons. The second kappa shape index (κ2) is 6.29. The van der Waals surface area contributed by atoms with Crippen LogP contribution in [0.2, 0.25) is 0 Å². The van der Waals surface area contributed by atoms with Crippen LogP contribution < -0.4 is 4.90 Å². The molecule has 0 radical (unpaired) electrons. The number of methoxy groups -OCH3 is 1. The summed E-state index contributed by atoms with van der Waals surface area (Å²) in [6.07, 6.45) is 3.82. The predicted molar refractivity (Wildman–Crippen MR) is 72.7 cm³/mol. The molecule has 19 heavy (non-hydrogen) atoms. The molecule has 0 aromatic carbocycles.